The van der Waals surface area contributed by atoms with Crippen molar-refractivity contribution < 1.29 is 28.6 Å². The van der Waals surface area contributed by atoms with Crippen LogP contribution in [0.5, 0.6) is 0 Å². The topological polar surface area (TPSA) is 119 Å². The van der Waals surface area contributed by atoms with Crippen LogP contribution in [0.4, 0.5) is 0 Å². The Morgan fingerprint density at radius 1 is 1.35 bits per heavy atom. The van der Waals surface area contributed by atoms with E-state index in [9.17, 15) is 9.36 Å². The summed E-state index contributed by atoms with van der Waals surface area (Å²) in [6, 6.07) is 8.26. The molecule has 128 valence electrons. The van der Waals surface area contributed by atoms with Crippen molar-refractivity contribution in [3.8, 4) is 0 Å². The lowest BCUT2D eigenvalue weighted by atomic mass is 10.2. The van der Waals surface area contributed by atoms with Crippen molar-refractivity contribution in [2.75, 3.05) is 19.4 Å². The lowest BCUT2D eigenvalue weighted by Crippen LogP contribution is -2.31. The van der Waals surface area contributed by atoms with Gasteiger partial charge in [-0.1, -0.05) is 36.4 Å². The minimum atomic E-state index is -4.29. The van der Waals surface area contributed by atoms with Crippen LogP contribution in [0, 0.1) is 0 Å². The van der Waals surface area contributed by atoms with Crippen molar-refractivity contribution in [3.05, 3.63) is 47.5 Å². The smallest absolute Gasteiger partial charge is 0.329 e. The largest absolute Gasteiger partial charge is 0.465 e. The van der Waals surface area contributed by atoms with Crippen LogP contribution in [-0.2, 0) is 25.4 Å². The number of nitrogens with two attached hydrogens (primary N) is 1. The zero-order chi connectivity index (χ0) is 17.3. The van der Waals surface area contributed by atoms with Gasteiger partial charge in [0.25, 0.3) is 0 Å². The zero-order valence-electron chi connectivity index (χ0n) is 12.9. The fourth-order valence-corrected chi connectivity index (χ4v) is 2.57. The number of hydrogen-bond acceptors (Lipinski definition) is 5. The fraction of sp³-hybridized carbons (Fsp3) is 0.400. The molecule has 0 radical (unpaired) electrons. The van der Waals surface area contributed by atoms with Gasteiger partial charge in [-0.2, -0.15) is 0 Å². The Labute approximate surface area is 135 Å². The van der Waals surface area contributed by atoms with Gasteiger partial charge in [-0.3, -0.25) is 9.36 Å². The van der Waals surface area contributed by atoms with Crippen LogP contribution in [0.2, 0.25) is 0 Å². The molecule has 1 atom stereocenters. The Bertz CT molecular complexity index is 569. The molecule has 0 amide bonds. The number of ether oxygens (including phenoxy) is 2. The molecule has 0 saturated heterocycles. The highest BCUT2D eigenvalue weighted by molar-refractivity contribution is 7.52. The van der Waals surface area contributed by atoms with Gasteiger partial charge in [-0.15, -0.1) is 0 Å². The van der Waals surface area contributed by atoms with Crippen LogP contribution in [0.15, 0.2) is 42.0 Å². The number of carbonyl (C=O) groups is 1. The lowest BCUT2D eigenvalue weighted by Gasteiger charge is -2.13. The van der Waals surface area contributed by atoms with E-state index in [1.54, 1.807) is 6.92 Å². The predicted octanol–water partition coefficient (Wildman–Crippen LogP) is 1.20. The normalized spacial score (nSPS) is 13.7. The first kappa shape index (κ1) is 19.5. The number of benzene rings is 1. The minimum Gasteiger partial charge on any atom is -0.465 e. The average molecular weight is 343 g/mol. The summed E-state index contributed by atoms with van der Waals surface area (Å²) in [6.07, 6.45) is 0.761. The van der Waals surface area contributed by atoms with Crippen molar-refractivity contribution in [3.63, 3.8) is 0 Å². The minimum absolute atomic E-state index is 0.0346. The molecule has 4 N–H and O–H groups in total. The maximum atomic E-state index is 11.5. The summed E-state index contributed by atoms with van der Waals surface area (Å²) in [5.41, 5.74) is 6.83. The van der Waals surface area contributed by atoms with Crippen LogP contribution in [-0.4, -0.2) is 41.2 Å². The first-order valence-electron chi connectivity index (χ1n) is 7.10. The quantitative estimate of drug-likeness (QED) is 0.350. The van der Waals surface area contributed by atoms with Gasteiger partial charge in [-0.05, 0) is 18.1 Å². The first-order chi connectivity index (χ1) is 10.8. The van der Waals surface area contributed by atoms with Crippen molar-refractivity contribution in [2.45, 2.75) is 19.6 Å². The summed E-state index contributed by atoms with van der Waals surface area (Å²) < 4.78 is 21.4. The number of esters is 1. The maximum absolute atomic E-state index is 11.5. The summed E-state index contributed by atoms with van der Waals surface area (Å²) in [6.45, 7) is 2.08. The van der Waals surface area contributed by atoms with Crippen LogP contribution >= 0.6 is 7.60 Å². The first-order valence-corrected chi connectivity index (χ1v) is 8.89. The highest BCUT2D eigenvalue weighted by atomic mass is 31.2. The van der Waals surface area contributed by atoms with Crippen molar-refractivity contribution in [1.82, 2.24) is 0 Å². The molecule has 0 aromatic heterocycles. The zero-order valence-corrected chi connectivity index (χ0v) is 13.8. The van der Waals surface area contributed by atoms with Gasteiger partial charge in [0, 0.05) is 0 Å². The molecule has 0 fully saturated rings. The van der Waals surface area contributed by atoms with E-state index in [1.807, 2.05) is 30.3 Å². The van der Waals surface area contributed by atoms with Gasteiger partial charge in [0.15, 0.2) is 0 Å². The maximum Gasteiger partial charge on any atom is 0.329 e. The summed E-state index contributed by atoms with van der Waals surface area (Å²) in [4.78, 5) is 29.7. The molecule has 8 heteroatoms. The second-order valence-electron chi connectivity index (χ2n) is 4.90. The van der Waals surface area contributed by atoms with E-state index in [-0.39, 0.29) is 25.4 Å². The predicted molar refractivity (Wildman–Crippen MR) is 85.7 cm³/mol. The molecule has 1 aromatic rings. The Hall–Kier alpha value is -1.50. The number of hydrogen-bond donors (Lipinski definition) is 3. The molecular formula is C15H22NO6P. The third kappa shape index (κ3) is 8.64. The number of carbonyl (C=O) groups excluding carboxylic acids is 1. The molecule has 0 spiro atoms. The second-order valence-corrected chi connectivity index (χ2v) is 6.55. The average Bonchev–Trinajstić information content (AvgIpc) is 2.46. The van der Waals surface area contributed by atoms with Gasteiger partial charge >= 0.3 is 13.6 Å². The summed E-state index contributed by atoms with van der Waals surface area (Å²) >= 11 is 0. The monoisotopic (exact) mass is 343 g/mol. The van der Waals surface area contributed by atoms with Gasteiger partial charge in [0.2, 0.25) is 0 Å². The molecule has 0 aliphatic rings. The third-order valence-electron chi connectivity index (χ3n) is 2.78. The molecule has 1 rings (SSSR count). The summed E-state index contributed by atoms with van der Waals surface area (Å²) in [5, 5.41) is 0. The lowest BCUT2D eigenvalue weighted by molar-refractivity contribution is -0.143. The number of rotatable bonds is 9. The summed E-state index contributed by atoms with van der Waals surface area (Å²) in [7, 11) is -4.29. The van der Waals surface area contributed by atoms with Crippen LogP contribution in [0.25, 0.3) is 0 Å². The summed E-state index contributed by atoms with van der Waals surface area (Å²) in [5.74, 6) is -0.654. The second kappa shape index (κ2) is 9.60. The molecule has 1 unspecified atom stereocenters. The van der Waals surface area contributed by atoms with Gasteiger partial charge in [0.1, 0.15) is 6.04 Å². The SMILES string of the molecule is CCOC(=O)C(N)/C=C(/COCc1ccccc1)CP(=O)(O)O. The van der Waals surface area contributed by atoms with Gasteiger partial charge < -0.3 is 25.0 Å². The molecule has 23 heavy (non-hydrogen) atoms. The molecule has 1 aromatic carbocycles. The molecule has 0 heterocycles. The molecule has 0 saturated carbocycles. The van der Waals surface area contributed by atoms with E-state index in [4.69, 9.17) is 25.0 Å². The Morgan fingerprint density at radius 3 is 2.57 bits per heavy atom. The Morgan fingerprint density at radius 2 is 2.00 bits per heavy atom. The van der Waals surface area contributed by atoms with E-state index < -0.39 is 25.8 Å². The Kier molecular flexibility index (Phi) is 8.16. The van der Waals surface area contributed by atoms with Crippen molar-refractivity contribution in [1.29, 1.82) is 0 Å². The highest BCUT2D eigenvalue weighted by Crippen LogP contribution is 2.36. The van der Waals surface area contributed by atoms with E-state index in [1.165, 1.54) is 6.08 Å². The molecular weight excluding hydrogens is 321 g/mol. The van der Waals surface area contributed by atoms with Crippen LogP contribution in [0.1, 0.15) is 12.5 Å². The molecule has 0 aliphatic heterocycles. The van der Waals surface area contributed by atoms with E-state index in [0.29, 0.717) is 0 Å². The van der Waals surface area contributed by atoms with Crippen molar-refractivity contribution >= 4 is 13.6 Å². The standard InChI is InChI=1S/C15H22NO6P/c1-2-22-15(17)14(16)8-13(11-23(18,19)20)10-21-9-12-6-4-3-5-7-12/h3-8,14H,2,9-11,16H2,1H3,(H2,18,19,20)/b13-8-. The Balaban J connectivity index is 2.68. The third-order valence-corrected chi connectivity index (χ3v) is 3.60. The van der Waals surface area contributed by atoms with Crippen LogP contribution < -0.4 is 5.73 Å². The molecule has 0 bridgehead atoms. The van der Waals surface area contributed by atoms with Gasteiger partial charge in [0.05, 0.1) is 26.0 Å². The van der Waals surface area contributed by atoms with E-state index in [0.717, 1.165) is 5.56 Å². The van der Waals surface area contributed by atoms with E-state index >= 15 is 0 Å². The van der Waals surface area contributed by atoms with Crippen molar-refractivity contribution in [2.24, 2.45) is 5.73 Å². The molecule has 0 aliphatic carbocycles. The van der Waals surface area contributed by atoms with Crippen LogP contribution in [0.3, 0.4) is 0 Å². The highest BCUT2D eigenvalue weighted by Gasteiger charge is 2.19. The van der Waals surface area contributed by atoms with Gasteiger partial charge in [-0.25, -0.2) is 0 Å². The van der Waals surface area contributed by atoms with E-state index in [2.05, 4.69) is 0 Å². The fourth-order valence-electron chi connectivity index (χ4n) is 1.85. The molecule has 7 nitrogen and oxygen atoms in total.